The van der Waals surface area contributed by atoms with E-state index < -0.39 is 0 Å². The minimum Gasteiger partial charge on any atom is -0.298 e. The number of rotatable bonds is 3. The molecule has 1 nitrogen and oxygen atoms in total. The van der Waals surface area contributed by atoms with Gasteiger partial charge in [0.2, 0.25) is 0 Å². The number of benzene rings is 2. The maximum atomic E-state index is 10.9. The predicted molar refractivity (Wildman–Crippen MR) is 77.4 cm³/mol. The van der Waals surface area contributed by atoms with Crippen molar-refractivity contribution in [1.82, 2.24) is 0 Å². The van der Waals surface area contributed by atoms with Crippen LogP contribution in [0.15, 0.2) is 46.2 Å². The molecule has 92 valence electrons. The number of carbonyl (C=O) groups is 1. The van der Waals surface area contributed by atoms with E-state index in [4.69, 9.17) is 34.8 Å². The lowest BCUT2D eigenvalue weighted by atomic mass is 10.2. The van der Waals surface area contributed by atoms with Crippen molar-refractivity contribution in [3.05, 3.63) is 57.0 Å². The minimum atomic E-state index is 0.483. The fraction of sp³-hybridized carbons (Fsp3) is 0. The Morgan fingerprint density at radius 1 is 0.944 bits per heavy atom. The molecule has 2 aromatic carbocycles. The van der Waals surface area contributed by atoms with Gasteiger partial charge in [-0.2, -0.15) is 0 Å². The summed E-state index contributed by atoms with van der Waals surface area (Å²) in [6, 6.07) is 10.4. The van der Waals surface area contributed by atoms with Gasteiger partial charge in [0.25, 0.3) is 0 Å². The minimum absolute atomic E-state index is 0.483. The molecule has 0 aliphatic heterocycles. The van der Waals surface area contributed by atoms with Crippen LogP contribution in [-0.4, -0.2) is 6.29 Å². The molecule has 5 heteroatoms. The van der Waals surface area contributed by atoms with Crippen LogP contribution in [0.25, 0.3) is 0 Å². The predicted octanol–water partition coefficient (Wildman–Crippen LogP) is 5.61. The van der Waals surface area contributed by atoms with Gasteiger partial charge in [-0.05, 0) is 36.4 Å². The van der Waals surface area contributed by atoms with Crippen LogP contribution in [0.4, 0.5) is 0 Å². The van der Waals surface area contributed by atoms with Crippen molar-refractivity contribution < 1.29 is 4.79 Å². The highest BCUT2D eigenvalue weighted by Crippen LogP contribution is 2.35. The SMILES string of the molecule is O=Cc1ccc(Cl)cc1Sc1ccc(Cl)c(Cl)c1. The van der Waals surface area contributed by atoms with Crippen molar-refractivity contribution in [3.8, 4) is 0 Å². The molecule has 0 atom stereocenters. The summed E-state index contributed by atoms with van der Waals surface area (Å²) in [5.74, 6) is 0. The Labute approximate surface area is 124 Å². The molecule has 0 spiro atoms. The summed E-state index contributed by atoms with van der Waals surface area (Å²) in [6.07, 6.45) is 0.802. The molecule has 0 heterocycles. The lowest BCUT2D eigenvalue weighted by molar-refractivity contribution is 0.112. The highest BCUT2D eigenvalue weighted by Gasteiger charge is 2.06. The molecule has 18 heavy (non-hydrogen) atoms. The van der Waals surface area contributed by atoms with Crippen LogP contribution in [-0.2, 0) is 0 Å². The highest BCUT2D eigenvalue weighted by molar-refractivity contribution is 7.99. The second kappa shape index (κ2) is 5.98. The summed E-state index contributed by atoms with van der Waals surface area (Å²) in [4.78, 5) is 12.6. The standard InChI is InChI=1S/C13H7Cl3OS/c14-9-2-1-8(7-17)13(5-9)18-10-3-4-11(15)12(16)6-10/h1-7H. The van der Waals surface area contributed by atoms with Crippen molar-refractivity contribution in [2.45, 2.75) is 9.79 Å². The number of hydrogen-bond acceptors (Lipinski definition) is 2. The summed E-state index contributed by atoms with van der Waals surface area (Å²) in [5.41, 5.74) is 0.593. The lowest BCUT2D eigenvalue weighted by Crippen LogP contribution is -1.85. The summed E-state index contributed by atoms with van der Waals surface area (Å²) >= 11 is 19.1. The maximum absolute atomic E-state index is 10.9. The van der Waals surface area contributed by atoms with Crippen molar-refractivity contribution in [2.24, 2.45) is 0 Å². The second-order valence-corrected chi connectivity index (χ2v) is 5.84. The van der Waals surface area contributed by atoms with Gasteiger partial charge in [0.05, 0.1) is 10.0 Å². The maximum Gasteiger partial charge on any atom is 0.151 e. The summed E-state index contributed by atoms with van der Waals surface area (Å²) in [7, 11) is 0. The Balaban J connectivity index is 2.35. The van der Waals surface area contributed by atoms with E-state index in [1.807, 2.05) is 6.07 Å². The molecule has 0 N–H and O–H groups in total. The first kappa shape index (κ1) is 13.8. The molecule has 0 bridgehead atoms. The Hall–Kier alpha value is -0.670. The smallest absolute Gasteiger partial charge is 0.151 e. The largest absolute Gasteiger partial charge is 0.298 e. The average molecular weight is 318 g/mol. The van der Waals surface area contributed by atoms with Gasteiger partial charge < -0.3 is 0 Å². The zero-order valence-corrected chi connectivity index (χ0v) is 12.1. The molecule has 0 saturated heterocycles. The molecule has 2 aromatic rings. The van der Waals surface area contributed by atoms with Gasteiger partial charge in [-0.25, -0.2) is 0 Å². The van der Waals surface area contributed by atoms with E-state index in [1.165, 1.54) is 11.8 Å². The van der Waals surface area contributed by atoms with E-state index in [0.29, 0.717) is 20.6 Å². The first-order valence-electron chi connectivity index (χ1n) is 4.98. The van der Waals surface area contributed by atoms with Gasteiger partial charge in [-0.1, -0.05) is 46.6 Å². The van der Waals surface area contributed by atoms with E-state index in [9.17, 15) is 4.79 Å². The molecule has 0 aliphatic rings. The number of halogens is 3. The van der Waals surface area contributed by atoms with Gasteiger partial charge >= 0.3 is 0 Å². The van der Waals surface area contributed by atoms with Crippen molar-refractivity contribution >= 4 is 52.9 Å². The third-order valence-electron chi connectivity index (χ3n) is 2.22. The Kier molecular flexibility index (Phi) is 4.57. The quantitative estimate of drug-likeness (QED) is 0.684. The van der Waals surface area contributed by atoms with E-state index in [1.54, 1.807) is 30.3 Å². The molecule has 0 aliphatic carbocycles. The summed E-state index contributed by atoms with van der Waals surface area (Å²) in [5, 5.41) is 1.57. The Morgan fingerprint density at radius 3 is 2.39 bits per heavy atom. The monoisotopic (exact) mass is 316 g/mol. The Bertz CT molecular complexity index is 599. The normalized spacial score (nSPS) is 10.4. The fourth-order valence-corrected chi connectivity index (χ4v) is 2.95. The van der Waals surface area contributed by atoms with Crippen molar-refractivity contribution in [2.75, 3.05) is 0 Å². The van der Waals surface area contributed by atoms with Crippen molar-refractivity contribution in [3.63, 3.8) is 0 Å². The molecule has 0 amide bonds. The first-order valence-corrected chi connectivity index (χ1v) is 6.93. The van der Waals surface area contributed by atoms with Gasteiger partial charge in [0, 0.05) is 20.4 Å². The first-order chi connectivity index (χ1) is 8.60. The van der Waals surface area contributed by atoms with E-state index in [2.05, 4.69) is 0 Å². The molecule has 0 aromatic heterocycles. The average Bonchev–Trinajstić information content (AvgIpc) is 2.34. The van der Waals surface area contributed by atoms with Gasteiger partial charge in [0.15, 0.2) is 6.29 Å². The van der Waals surface area contributed by atoms with Crippen LogP contribution in [0, 0.1) is 0 Å². The van der Waals surface area contributed by atoms with Crippen LogP contribution >= 0.6 is 46.6 Å². The van der Waals surface area contributed by atoms with Crippen LogP contribution < -0.4 is 0 Å². The molecule has 0 fully saturated rings. The number of aldehydes is 1. The lowest BCUT2D eigenvalue weighted by Gasteiger charge is -2.06. The van der Waals surface area contributed by atoms with E-state index in [-0.39, 0.29) is 0 Å². The van der Waals surface area contributed by atoms with Crippen LogP contribution in [0.5, 0.6) is 0 Å². The number of hydrogen-bond donors (Lipinski definition) is 0. The third-order valence-corrected chi connectivity index (χ3v) is 4.26. The van der Waals surface area contributed by atoms with Crippen molar-refractivity contribution in [1.29, 1.82) is 0 Å². The van der Waals surface area contributed by atoms with Gasteiger partial charge in [-0.15, -0.1) is 0 Å². The summed E-state index contributed by atoms with van der Waals surface area (Å²) < 4.78 is 0. The molecule has 0 unspecified atom stereocenters. The topological polar surface area (TPSA) is 17.1 Å². The van der Waals surface area contributed by atoms with E-state index >= 15 is 0 Å². The van der Waals surface area contributed by atoms with E-state index in [0.717, 1.165) is 16.1 Å². The van der Waals surface area contributed by atoms with Crippen LogP contribution in [0.2, 0.25) is 15.1 Å². The second-order valence-electron chi connectivity index (χ2n) is 3.48. The zero-order chi connectivity index (χ0) is 13.1. The number of carbonyl (C=O) groups excluding carboxylic acids is 1. The molecule has 0 radical (unpaired) electrons. The molecule has 2 rings (SSSR count). The zero-order valence-electron chi connectivity index (χ0n) is 8.99. The van der Waals surface area contributed by atoms with Gasteiger partial charge in [-0.3, -0.25) is 4.79 Å². The highest BCUT2D eigenvalue weighted by atomic mass is 35.5. The summed E-state index contributed by atoms with van der Waals surface area (Å²) in [6.45, 7) is 0. The van der Waals surface area contributed by atoms with Gasteiger partial charge in [0.1, 0.15) is 0 Å². The fourth-order valence-electron chi connectivity index (χ4n) is 1.36. The molecular formula is C13H7Cl3OS. The van der Waals surface area contributed by atoms with Crippen LogP contribution in [0.1, 0.15) is 10.4 Å². The third kappa shape index (κ3) is 3.21. The Morgan fingerprint density at radius 2 is 1.72 bits per heavy atom. The van der Waals surface area contributed by atoms with Crippen LogP contribution in [0.3, 0.4) is 0 Å². The molecular weight excluding hydrogens is 311 g/mol. The molecule has 0 saturated carbocycles.